The number of hydrogen-bond donors (Lipinski definition) is 2. The zero-order valence-corrected chi connectivity index (χ0v) is 19.1. The molecule has 1 atom stereocenters. The van der Waals surface area contributed by atoms with Crippen LogP contribution in [0.15, 0.2) is 67.1 Å². The summed E-state index contributed by atoms with van der Waals surface area (Å²) in [6, 6.07) is 16.5. The summed E-state index contributed by atoms with van der Waals surface area (Å²) in [5.41, 5.74) is 1.57. The molecule has 1 aliphatic heterocycles. The summed E-state index contributed by atoms with van der Waals surface area (Å²) in [4.78, 5) is 38.9. The number of nitrogens with one attached hydrogen (secondary N) is 2. The molecule has 8 nitrogen and oxygen atoms in total. The van der Waals surface area contributed by atoms with Gasteiger partial charge in [-0.2, -0.15) is 0 Å². The van der Waals surface area contributed by atoms with Crippen molar-refractivity contribution in [3.8, 4) is 23.3 Å². The summed E-state index contributed by atoms with van der Waals surface area (Å²) in [6.45, 7) is 2.79. The number of likely N-dealkylation sites (tertiary alicyclic amines) is 1. The molecule has 2 aromatic carbocycles. The second kappa shape index (κ2) is 9.69. The number of carbonyl (C=O) groups is 2. The molecule has 35 heavy (non-hydrogen) atoms. The Hall–Kier alpha value is -4.64. The van der Waals surface area contributed by atoms with Crippen LogP contribution in [0.1, 0.15) is 29.3 Å². The summed E-state index contributed by atoms with van der Waals surface area (Å²) in [5, 5.41) is 4.02. The summed E-state index contributed by atoms with van der Waals surface area (Å²) in [5.74, 6) is 6.83. The van der Waals surface area contributed by atoms with Crippen molar-refractivity contribution in [2.75, 3.05) is 18.4 Å². The van der Waals surface area contributed by atoms with Gasteiger partial charge in [-0.1, -0.05) is 24.1 Å². The van der Waals surface area contributed by atoms with Crippen molar-refractivity contribution < 1.29 is 14.3 Å². The number of aromatic nitrogens is 3. The SMILES string of the molecule is CC#CC(=O)N1CCC(Nc2ncnc3[nH]cc(C(=O)c4ccc(Oc5ccccc5)cc4)c23)C1. The lowest BCUT2D eigenvalue weighted by Crippen LogP contribution is -2.30. The Labute approximate surface area is 202 Å². The Morgan fingerprint density at radius 3 is 2.63 bits per heavy atom. The smallest absolute Gasteiger partial charge is 0.298 e. The van der Waals surface area contributed by atoms with Gasteiger partial charge in [-0.3, -0.25) is 9.59 Å². The number of nitrogens with zero attached hydrogens (tertiary/aromatic N) is 3. The summed E-state index contributed by atoms with van der Waals surface area (Å²) in [7, 11) is 0. The van der Waals surface area contributed by atoms with E-state index < -0.39 is 0 Å². The van der Waals surface area contributed by atoms with E-state index in [-0.39, 0.29) is 17.7 Å². The highest BCUT2D eigenvalue weighted by molar-refractivity contribution is 6.18. The fourth-order valence-corrected chi connectivity index (χ4v) is 4.15. The van der Waals surface area contributed by atoms with Crippen LogP contribution in [-0.4, -0.2) is 50.7 Å². The molecule has 1 aliphatic rings. The van der Waals surface area contributed by atoms with E-state index in [1.165, 1.54) is 6.33 Å². The van der Waals surface area contributed by atoms with Gasteiger partial charge in [0.25, 0.3) is 5.91 Å². The third-order valence-corrected chi connectivity index (χ3v) is 5.86. The molecule has 1 unspecified atom stereocenters. The quantitative estimate of drug-likeness (QED) is 0.330. The van der Waals surface area contributed by atoms with Crippen LogP contribution >= 0.6 is 0 Å². The van der Waals surface area contributed by atoms with E-state index >= 15 is 0 Å². The lowest BCUT2D eigenvalue weighted by Gasteiger charge is -2.15. The number of fused-ring (bicyclic) bond motifs is 1. The van der Waals surface area contributed by atoms with E-state index in [4.69, 9.17) is 4.74 Å². The van der Waals surface area contributed by atoms with Crippen LogP contribution in [0.2, 0.25) is 0 Å². The van der Waals surface area contributed by atoms with Crippen molar-refractivity contribution in [1.82, 2.24) is 19.9 Å². The molecule has 0 radical (unpaired) electrons. The first kappa shape index (κ1) is 22.2. The minimum absolute atomic E-state index is 0.00276. The number of rotatable bonds is 6. The van der Waals surface area contributed by atoms with Gasteiger partial charge in [-0.05, 0) is 55.7 Å². The number of anilines is 1. The zero-order chi connectivity index (χ0) is 24.2. The largest absolute Gasteiger partial charge is 0.457 e. The minimum atomic E-state index is -0.179. The standard InChI is InChI=1S/C27H23N5O3/c1-2-6-23(33)32-14-13-19(16-32)31-27-24-22(15-28-26(24)29-17-30-27)25(34)18-9-11-21(12-10-18)35-20-7-4-3-5-8-20/h3-5,7-12,15,17,19H,13-14,16H2,1H3,(H2,28,29,30,31). The van der Waals surface area contributed by atoms with Crippen LogP contribution in [-0.2, 0) is 4.79 Å². The van der Waals surface area contributed by atoms with E-state index in [1.807, 2.05) is 30.3 Å². The number of H-pyrrole nitrogens is 1. The maximum absolute atomic E-state index is 13.4. The van der Waals surface area contributed by atoms with Crippen LogP contribution in [0.3, 0.4) is 0 Å². The Kier molecular flexibility index (Phi) is 6.14. The van der Waals surface area contributed by atoms with Crippen LogP contribution in [0, 0.1) is 11.8 Å². The molecule has 4 aromatic rings. The monoisotopic (exact) mass is 465 g/mol. The Bertz CT molecular complexity index is 1430. The molecule has 0 aliphatic carbocycles. The molecule has 1 fully saturated rings. The summed E-state index contributed by atoms with van der Waals surface area (Å²) >= 11 is 0. The molecule has 174 valence electrons. The van der Waals surface area contributed by atoms with Gasteiger partial charge in [0.15, 0.2) is 5.78 Å². The zero-order valence-electron chi connectivity index (χ0n) is 19.1. The Balaban J connectivity index is 1.36. The van der Waals surface area contributed by atoms with Gasteiger partial charge in [-0.15, -0.1) is 0 Å². The average molecular weight is 466 g/mol. The molecule has 1 amide bonds. The number of benzene rings is 2. The predicted octanol–water partition coefficient (Wildman–Crippen LogP) is 4.02. The number of aromatic amines is 1. The third kappa shape index (κ3) is 4.70. The van der Waals surface area contributed by atoms with E-state index in [1.54, 1.807) is 42.3 Å². The number of ketones is 1. The predicted molar refractivity (Wildman–Crippen MR) is 132 cm³/mol. The lowest BCUT2D eigenvalue weighted by atomic mass is 10.0. The molecule has 0 bridgehead atoms. The first-order valence-corrected chi connectivity index (χ1v) is 11.3. The number of carbonyl (C=O) groups excluding carboxylic acids is 2. The molecule has 8 heteroatoms. The van der Waals surface area contributed by atoms with Crippen LogP contribution in [0.25, 0.3) is 11.0 Å². The van der Waals surface area contributed by atoms with E-state index in [0.717, 1.165) is 12.2 Å². The molecular weight excluding hydrogens is 442 g/mol. The second-order valence-electron chi connectivity index (χ2n) is 8.17. The molecule has 5 rings (SSSR count). The van der Waals surface area contributed by atoms with Crippen molar-refractivity contribution in [2.24, 2.45) is 0 Å². The number of para-hydroxylation sites is 1. The van der Waals surface area contributed by atoms with E-state index in [0.29, 0.717) is 46.8 Å². The molecule has 0 spiro atoms. The van der Waals surface area contributed by atoms with Gasteiger partial charge in [0.2, 0.25) is 0 Å². The maximum Gasteiger partial charge on any atom is 0.298 e. The highest BCUT2D eigenvalue weighted by Gasteiger charge is 2.27. The topological polar surface area (TPSA) is 100 Å². The maximum atomic E-state index is 13.4. The minimum Gasteiger partial charge on any atom is -0.457 e. The fraction of sp³-hybridized carbons (Fsp3) is 0.185. The van der Waals surface area contributed by atoms with Crippen molar-refractivity contribution >= 4 is 28.5 Å². The summed E-state index contributed by atoms with van der Waals surface area (Å²) < 4.78 is 5.82. The lowest BCUT2D eigenvalue weighted by molar-refractivity contribution is -0.124. The molecule has 2 N–H and O–H groups in total. The number of ether oxygens (including phenoxy) is 1. The fourth-order valence-electron chi connectivity index (χ4n) is 4.15. The normalized spacial score (nSPS) is 14.9. The van der Waals surface area contributed by atoms with Crippen LogP contribution in [0.4, 0.5) is 5.82 Å². The molecule has 3 heterocycles. The average Bonchev–Trinajstić information content (AvgIpc) is 3.53. The van der Waals surface area contributed by atoms with E-state index in [2.05, 4.69) is 32.1 Å². The molecule has 1 saturated heterocycles. The first-order chi connectivity index (χ1) is 17.1. The van der Waals surface area contributed by atoms with Crippen LogP contribution < -0.4 is 10.1 Å². The Morgan fingerprint density at radius 2 is 1.86 bits per heavy atom. The van der Waals surface area contributed by atoms with Crippen molar-refractivity contribution in [3.05, 3.63) is 78.2 Å². The third-order valence-electron chi connectivity index (χ3n) is 5.86. The Morgan fingerprint density at radius 1 is 1.09 bits per heavy atom. The van der Waals surface area contributed by atoms with Gasteiger partial charge in [-0.25, -0.2) is 9.97 Å². The van der Waals surface area contributed by atoms with Gasteiger partial charge < -0.3 is 19.9 Å². The highest BCUT2D eigenvalue weighted by atomic mass is 16.5. The highest BCUT2D eigenvalue weighted by Crippen LogP contribution is 2.28. The van der Waals surface area contributed by atoms with Crippen molar-refractivity contribution in [3.63, 3.8) is 0 Å². The molecule has 0 saturated carbocycles. The van der Waals surface area contributed by atoms with E-state index in [9.17, 15) is 9.59 Å². The number of hydrogen-bond acceptors (Lipinski definition) is 6. The second-order valence-corrected chi connectivity index (χ2v) is 8.17. The molecule has 2 aromatic heterocycles. The first-order valence-electron chi connectivity index (χ1n) is 11.3. The van der Waals surface area contributed by atoms with Crippen molar-refractivity contribution in [1.29, 1.82) is 0 Å². The molecular formula is C27H23N5O3. The summed E-state index contributed by atoms with van der Waals surface area (Å²) in [6.07, 6.45) is 3.87. The van der Waals surface area contributed by atoms with Gasteiger partial charge in [0.1, 0.15) is 29.3 Å². The van der Waals surface area contributed by atoms with Crippen molar-refractivity contribution in [2.45, 2.75) is 19.4 Å². The van der Waals surface area contributed by atoms with Crippen LogP contribution in [0.5, 0.6) is 11.5 Å². The van der Waals surface area contributed by atoms with Gasteiger partial charge >= 0.3 is 0 Å². The van der Waals surface area contributed by atoms with Gasteiger partial charge in [0.05, 0.1) is 10.9 Å². The van der Waals surface area contributed by atoms with Gasteiger partial charge in [0, 0.05) is 30.9 Å². The number of amides is 1.